The van der Waals surface area contributed by atoms with Crippen LogP contribution in [-0.2, 0) is 6.18 Å². The van der Waals surface area contributed by atoms with Crippen LogP contribution in [0.25, 0.3) is 11.5 Å². The van der Waals surface area contributed by atoms with Crippen molar-refractivity contribution >= 4 is 23.2 Å². The molecule has 2 aromatic carbocycles. The molecule has 3 rings (SSSR count). The van der Waals surface area contributed by atoms with Crippen molar-refractivity contribution in [3.63, 3.8) is 0 Å². The third-order valence-electron chi connectivity index (χ3n) is 3.19. The maximum Gasteiger partial charge on any atom is 0.416 e. The number of amides is 1. The summed E-state index contributed by atoms with van der Waals surface area (Å²) in [5, 5.41) is 10.1. The summed E-state index contributed by atoms with van der Waals surface area (Å²) in [7, 11) is 0. The van der Waals surface area contributed by atoms with E-state index in [1.54, 1.807) is 24.3 Å². The van der Waals surface area contributed by atoms with E-state index in [1.807, 2.05) is 0 Å². The van der Waals surface area contributed by atoms with Gasteiger partial charge >= 0.3 is 18.0 Å². The lowest BCUT2D eigenvalue weighted by Crippen LogP contribution is -2.12. The first-order chi connectivity index (χ1) is 11.8. The van der Waals surface area contributed by atoms with Crippen LogP contribution < -0.4 is 5.32 Å². The SMILES string of the molecule is O=C(Nc1ccc(C(F)(F)F)cc1)c1nnc(-c2ccccc2Cl)o1. The number of halogens is 4. The number of hydrogen-bond acceptors (Lipinski definition) is 4. The molecule has 0 spiro atoms. The number of aromatic nitrogens is 2. The second-order valence-corrected chi connectivity index (χ2v) is 5.33. The minimum atomic E-state index is -4.45. The summed E-state index contributed by atoms with van der Waals surface area (Å²) in [5.41, 5.74) is -0.190. The van der Waals surface area contributed by atoms with Crippen molar-refractivity contribution < 1.29 is 22.4 Å². The molecule has 0 bridgehead atoms. The number of anilines is 1. The molecule has 0 radical (unpaired) electrons. The number of benzene rings is 2. The van der Waals surface area contributed by atoms with Gasteiger partial charge in [0.2, 0.25) is 5.89 Å². The zero-order chi connectivity index (χ0) is 18.0. The standard InChI is InChI=1S/C16H9ClF3N3O2/c17-12-4-2-1-3-11(12)14-22-23-15(25-14)13(24)21-10-7-5-9(6-8-10)16(18,19)20/h1-8H,(H,21,24). The van der Waals surface area contributed by atoms with Crippen molar-refractivity contribution in [2.45, 2.75) is 6.18 Å². The van der Waals surface area contributed by atoms with Crippen LogP contribution in [0.1, 0.15) is 16.2 Å². The van der Waals surface area contributed by atoms with E-state index in [2.05, 4.69) is 15.5 Å². The van der Waals surface area contributed by atoms with Crippen molar-refractivity contribution in [3.05, 3.63) is 65.0 Å². The summed E-state index contributed by atoms with van der Waals surface area (Å²) < 4.78 is 42.8. The topological polar surface area (TPSA) is 68.0 Å². The summed E-state index contributed by atoms with van der Waals surface area (Å²) >= 11 is 6.01. The van der Waals surface area contributed by atoms with Crippen LogP contribution in [0.5, 0.6) is 0 Å². The van der Waals surface area contributed by atoms with Gasteiger partial charge in [0.25, 0.3) is 0 Å². The molecule has 128 valence electrons. The van der Waals surface area contributed by atoms with E-state index in [4.69, 9.17) is 16.0 Å². The molecule has 0 aliphatic carbocycles. The zero-order valence-corrected chi connectivity index (χ0v) is 13.1. The van der Waals surface area contributed by atoms with Crippen molar-refractivity contribution in [2.75, 3.05) is 5.32 Å². The molecular weight excluding hydrogens is 359 g/mol. The highest BCUT2D eigenvalue weighted by molar-refractivity contribution is 6.33. The van der Waals surface area contributed by atoms with Gasteiger partial charge in [-0.15, -0.1) is 10.2 Å². The molecule has 25 heavy (non-hydrogen) atoms. The van der Waals surface area contributed by atoms with E-state index in [0.717, 1.165) is 24.3 Å². The normalized spacial score (nSPS) is 11.4. The largest absolute Gasteiger partial charge is 0.416 e. The second kappa shape index (κ2) is 6.56. The molecule has 5 nitrogen and oxygen atoms in total. The highest BCUT2D eigenvalue weighted by atomic mass is 35.5. The molecule has 3 aromatic rings. The predicted molar refractivity (Wildman–Crippen MR) is 84.1 cm³/mol. The molecule has 1 heterocycles. The van der Waals surface area contributed by atoms with Gasteiger partial charge in [0.1, 0.15) is 0 Å². The van der Waals surface area contributed by atoms with Gasteiger partial charge in [0.15, 0.2) is 0 Å². The van der Waals surface area contributed by atoms with Gasteiger partial charge in [-0.2, -0.15) is 13.2 Å². The third kappa shape index (κ3) is 3.80. The monoisotopic (exact) mass is 367 g/mol. The summed E-state index contributed by atoms with van der Waals surface area (Å²) in [4.78, 5) is 12.1. The maximum atomic E-state index is 12.5. The number of nitrogens with one attached hydrogen (secondary N) is 1. The molecule has 1 aromatic heterocycles. The Morgan fingerprint density at radius 1 is 1.04 bits per heavy atom. The Morgan fingerprint density at radius 3 is 2.36 bits per heavy atom. The van der Waals surface area contributed by atoms with Crippen LogP contribution in [0.2, 0.25) is 5.02 Å². The van der Waals surface area contributed by atoms with Crippen LogP contribution in [0.15, 0.2) is 52.9 Å². The van der Waals surface area contributed by atoms with Gasteiger partial charge in [0.05, 0.1) is 16.1 Å². The molecule has 0 aliphatic heterocycles. The average molecular weight is 368 g/mol. The number of nitrogens with zero attached hydrogens (tertiary/aromatic N) is 2. The van der Waals surface area contributed by atoms with E-state index in [1.165, 1.54) is 0 Å². The number of carbonyl (C=O) groups is 1. The first-order valence-electron chi connectivity index (χ1n) is 6.91. The van der Waals surface area contributed by atoms with Crippen LogP contribution >= 0.6 is 11.6 Å². The zero-order valence-electron chi connectivity index (χ0n) is 12.3. The molecule has 0 saturated heterocycles. The van der Waals surface area contributed by atoms with Crippen LogP contribution in [0.3, 0.4) is 0 Å². The maximum absolute atomic E-state index is 12.5. The quantitative estimate of drug-likeness (QED) is 0.731. The summed E-state index contributed by atoms with van der Waals surface area (Å²) in [6, 6.07) is 10.7. The van der Waals surface area contributed by atoms with Crippen LogP contribution in [0, 0.1) is 0 Å². The smallest absolute Gasteiger partial charge is 0.412 e. The molecule has 1 amide bonds. The van der Waals surface area contributed by atoms with Gasteiger partial charge in [-0.05, 0) is 36.4 Å². The van der Waals surface area contributed by atoms with Gasteiger partial charge in [-0.3, -0.25) is 4.79 Å². The summed E-state index contributed by atoms with van der Waals surface area (Å²) in [5.74, 6) is -1.02. The molecule has 0 unspecified atom stereocenters. The minimum Gasteiger partial charge on any atom is -0.412 e. The Morgan fingerprint density at radius 2 is 1.72 bits per heavy atom. The molecule has 0 atom stereocenters. The van der Waals surface area contributed by atoms with Gasteiger partial charge in [-0.25, -0.2) is 0 Å². The predicted octanol–water partition coefficient (Wildman–Crippen LogP) is 4.66. The van der Waals surface area contributed by atoms with E-state index in [-0.39, 0.29) is 17.5 Å². The number of hydrogen-bond donors (Lipinski definition) is 1. The van der Waals surface area contributed by atoms with Crippen LogP contribution in [0.4, 0.5) is 18.9 Å². The van der Waals surface area contributed by atoms with Gasteiger partial charge in [-0.1, -0.05) is 23.7 Å². The fraction of sp³-hybridized carbons (Fsp3) is 0.0625. The fourth-order valence-corrected chi connectivity index (χ4v) is 2.20. The molecule has 1 N–H and O–H groups in total. The summed E-state index contributed by atoms with van der Waals surface area (Å²) in [6.07, 6.45) is -4.45. The number of rotatable bonds is 3. The lowest BCUT2D eigenvalue weighted by Gasteiger charge is -2.07. The van der Waals surface area contributed by atoms with E-state index in [0.29, 0.717) is 10.6 Å². The number of carbonyl (C=O) groups excluding carboxylic acids is 1. The Kier molecular flexibility index (Phi) is 4.45. The second-order valence-electron chi connectivity index (χ2n) is 4.92. The lowest BCUT2D eigenvalue weighted by atomic mass is 10.2. The highest BCUT2D eigenvalue weighted by Crippen LogP contribution is 2.30. The number of alkyl halides is 3. The van der Waals surface area contributed by atoms with Gasteiger partial charge in [0, 0.05) is 5.69 Å². The van der Waals surface area contributed by atoms with Crippen molar-refractivity contribution in [1.29, 1.82) is 0 Å². The fourth-order valence-electron chi connectivity index (χ4n) is 1.99. The minimum absolute atomic E-state index is 0.0585. The molecule has 0 saturated carbocycles. The molecule has 0 fully saturated rings. The Hall–Kier alpha value is -2.87. The van der Waals surface area contributed by atoms with E-state index in [9.17, 15) is 18.0 Å². The molecule has 0 aliphatic rings. The van der Waals surface area contributed by atoms with E-state index < -0.39 is 17.6 Å². The summed E-state index contributed by atoms with van der Waals surface area (Å²) in [6.45, 7) is 0. The third-order valence-corrected chi connectivity index (χ3v) is 3.52. The lowest BCUT2D eigenvalue weighted by molar-refractivity contribution is -0.137. The Bertz CT molecular complexity index is 907. The first kappa shape index (κ1) is 17.0. The van der Waals surface area contributed by atoms with Crippen molar-refractivity contribution in [1.82, 2.24) is 10.2 Å². The van der Waals surface area contributed by atoms with Gasteiger partial charge < -0.3 is 9.73 Å². The van der Waals surface area contributed by atoms with E-state index >= 15 is 0 Å². The highest BCUT2D eigenvalue weighted by Gasteiger charge is 2.30. The van der Waals surface area contributed by atoms with Crippen molar-refractivity contribution in [2.24, 2.45) is 0 Å². The molecule has 9 heteroatoms. The Labute approximate surface area is 144 Å². The molecular formula is C16H9ClF3N3O2. The van der Waals surface area contributed by atoms with Crippen molar-refractivity contribution in [3.8, 4) is 11.5 Å². The average Bonchev–Trinajstić information content (AvgIpc) is 3.05. The Balaban J connectivity index is 1.75. The first-order valence-corrected chi connectivity index (χ1v) is 7.29. The van der Waals surface area contributed by atoms with Crippen LogP contribution in [-0.4, -0.2) is 16.1 Å².